The first-order valence-electron chi connectivity index (χ1n) is 9.55. The summed E-state index contributed by atoms with van der Waals surface area (Å²) in [5.41, 5.74) is 2.27. The van der Waals surface area contributed by atoms with Gasteiger partial charge in [-0.2, -0.15) is 0 Å². The molecule has 3 aliphatic rings. The van der Waals surface area contributed by atoms with Crippen LogP contribution in [0, 0.1) is 11.2 Å². The van der Waals surface area contributed by atoms with Gasteiger partial charge < -0.3 is 23.5 Å². The van der Waals surface area contributed by atoms with Gasteiger partial charge in [0.25, 0.3) is 6.71 Å². The highest BCUT2D eigenvalue weighted by molar-refractivity contribution is 6.65. The van der Waals surface area contributed by atoms with E-state index in [1.54, 1.807) is 0 Å². The van der Waals surface area contributed by atoms with E-state index in [-0.39, 0.29) is 19.6 Å². The fraction of sp³-hybridized carbons (Fsp3) is 0.632. The molecule has 0 aromatic heterocycles. The summed E-state index contributed by atoms with van der Waals surface area (Å²) in [6.07, 6.45) is 1.18. The maximum absolute atomic E-state index is 9.25. The first kappa shape index (κ1) is 18.7. The van der Waals surface area contributed by atoms with E-state index in [1.165, 1.54) is 0 Å². The normalized spacial score (nSPS) is 24.4. The molecule has 1 aromatic carbocycles. The molecule has 0 aliphatic carbocycles. The highest BCUT2D eigenvalue weighted by Crippen LogP contribution is 2.46. The highest BCUT2D eigenvalue weighted by Gasteiger charge is 2.53. The molecule has 1 aromatic rings. The van der Waals surface area contributed by atoms with Crippen molar-refractivity contribution in [2.24, 2.45) is 0 Å². The van der Waals surface area contributed by atoms with Crippen molar-refractivity contribution in [3.63, 3.8) is 0 Å². The number of hydrogen-bond acceptors (Lipinski definition) is 6. The first-order valence-corrected chi connectivity index (χ1v) is 9.55. The Morgan fingerprint density at radius 3 is 2.59 bits per heavy atom. The van der Waals surface area contributed by atoms with Crippen LogP contribution < -0.4 is 14.9 Å². The number of nitrogens with zero attached hydrogens (tertiary/aromatic N) is 1. The standard InChI is InChI=1S/C19H25B2NO5/c1-18(2)19(3,4)27-21(26-18)13-8-14-17(25-11-24-14)16-12(13)6-7-23-15(16)9-20(5)10-22/h8,15H,6-7,9,11H2,1-5H3. The van der Waals surface area contributed by atoms with Crippen molar-refractivity contribution in [3.05, 3.63) is 17.2 Å². The Morgan fingerprint density at radius 2 is 1.93 bits per heavy atom. The fourth-order valence-electron chi connectivity index (χ4n) is 3.87. The smallest absolute Gasteiger partial charge is 0.454 e. The maximum atomic E-state index is 9.25. The second-order valence-corrected chi connectivity index (χ2v) is 8.56. The van der Waals surface area contributed by atoms with Gasteiger partial charge in [-0.25, -0.2) is 5.26 Å². The molecule has 1 unspecified atom stereocenters. The van der Waals surface area contributed by atoms with Crippen LogP contribution in [0.25, 0.3) is 0 Å². The van der Waals surface area contributed by atoms with Gasteiger partial charge in [-0.05, 0) is 57.5 Å². The zero-order chi connectivity index (χ0) is 19.4. The molecule has 0 bridgehead atoms. The molecular weight excluding hydrogens is 344 g/mol. The third-order valence-corrected chi connectivity index (χ3v) is 6.13. The summed E-state index contributed by atoms with van der Waals surface area (Å²) >= 11 is 0. The lowest BCUT2D eigenvalue weighted by atomic mass is 9.49. The molecule has 142 valence electrons. The SMILES string of the molecule is CB(C#N)CC1OCCc2c(B3OC(C)(C)C(C)(C)O3)cc3c(c21)OCO3. The Kier molecular flexibility index (Phi) is 4.45. The van der Waals surface area contributed by atoms with Crippen molar-refractivity contribution in [2.75, 3.05) is 13.4 Å². The molecule has 8 heteroatoms. The molecule has 27 heavy (non-hydrogen) atoms. The average Bonchev–Trinajstić information content (AvgIpc) is 3.15. The third-order valence-electron chi connectivity index (χ3n) is 6.13. The second kappa shape index (κ2) is 6.44. The molecular formula is C19H25B2NO5. The molecule has 0 amide bonds. The molecule has 1 saturated heterocycles. The second-order valence-electron chi connectivity index (χ2n) is 8.56. The van der Waals surface area contributed by atoms with Crippen molar-refractivity contribution >= 4 is 19.3 Å². The molecule has 0 saturated carbocycles. The van der Waals surface area contributed by atoms with Gasteiger partial charge in [0.05, 0.1) is 23.9 Å². The van der Waals surface area contributed by atoms with E-state index < -0.39 is 18.3 Å². The van der Waals surface area contributed by atoms with Gasteiger partial charge in [0, 0.05) is 11.5 Å². The van der Waals surface area contributed by atoms with E-state index >= 15 is 0 Å². The van der Waals surface area contributed by atoms with Gasteiger partial charge in [-0.15, -0.1) is 0 Å². The van der Waals surface area contributed by atoms with E-state index in [0.29, 0.717) is 18.7 Å². The minimum atomic E-state index is -0.467. The Labute approximate surface area is 161 Å². The number of benzene rings is 1. The van der Waals surface area contributed by atoms with E-state index in [2.05, 4.69) is 5.97 Å². The minimum absolute atomic E-state index is 0.112. The summed E-state index contributed by atoms with van der Waals surface area (Å²) < 4.78 is 30.1. The molecule has 3 aliphatic heterocycles. The number of ether oxygens (including phenoxy) is 3. The third kappa shape index (κ3) is 3.02. The van der Waals surface area contributed by atoms with Gasteiger partial charge in [0.2, 0.25) is 6.79 Å². The lowest BCUT2D eigenvalue weighted by Crippen LogP contribution is -2.41. The highest BCUT2D eigenvalue weighted by atomic mass is 16.7. The van der Waals surface area contributed by atoms with E-state index in [1.807, 2.05) is 40.6 Å². The molecule has 1 atom stereocenters. The molecule has 6 nitrogen and oxygen atoms in total. The van der Waals surface area contributed by atoms with Gasteiger partial charge in [-0.1, -0.05) is 6.82 Å². The molecule has 0 N–H and O–H groups in total. The van der Waals surface area contributed by atoms with Gasteiger partial charge in [0.1, 0.15) is 0 Å². The van der Waals surface area contributed by atoms with Crippen molar-refractivity contribution < 1.29 is 23.5 Å². The maximum Gasteiger partial charge on any atom is 0.495 e. The summed E-state index contributed by atoms with van der Waals surface area (Å²) in [5, 5.41) is 9.25. The minimum Gasteiger partial charge on any atom is -0.454 e. The Hall–Kier alpha value is -1.68. The van der Waals surface area contributed by atoms with Crippen LogP contribution in [0.5, 0.6) is 11.5 Å². The summed E-state index contributed by atoms with van der Waals surface area (Å²) in [5.74, 6) is 3.73. The van der Waals surface area contributed by atoms with Crippen LogP contribution in [-0.4, -0.2) is 38.4 Å². The van der Waals surface area contributed by atoms with Crippen molar-refractivity contribution in [1.82, 2.24) is 0 Å². The van der Waals surface area contributed by atoms with Crippen LogP contribution in [0.15, 0.2) is 6.07 Å². The summed E-state index contributed by atoms with van der Waals surface area (Å²) in [7, 11) is -0.467. The Bertz CT molecular complexity index is 788. The van der Waals surface area contributed by atoms with Crippen molar-refractivity contribution in [3.8, 4) is 17.5 Å². The summed E-state index contributed by atoms with van der Waals surface area (Å²) in [4.78, 5) is 0. The van der Waals surface area contributed by atoms with Crippen LogP contribution >= 0.6 is 0 Å². The largest absolute Gasteiger partial charge is 0.495 e. The molecule has 3 heterocycles. The summed E-state index contributed by atoms with van der Waals surface area (Å²) in [6.45, 7) is 10.8. The van der Waals surface area contributed by atoms with Crippen LogP contribution in [0.2, 0.25) is 13.1 Å². The van der Waals surface area contributed by atoms with Gasteiger partial charge in [0.15, 0.2) is 11.5 Å². The lowest BCUT2D eigenvalue weighted by Gasteiger charge is -2.32. The molecule has 0 spiro atoms. The topological polar surface area (TPSA) is 69.9 Å². The molecule has 1 fully saturated rings. The fourth-order valence-corrected chi connectivity index (χ4v) is 3.87. The Balaban J connectivity index is 1.79. The Morgan fingerprint density at radius 1 is 1.22 bits per heavy atom. The number of rotatable bonds is 3. The predicted molar refractivity (Wildman–Crippen MR) is 103 cm³/mol. The summed E-state index contributed by atoms with van der Waals surface area (Å²) in [6, 6.07) is 1.99. The quantitative estimate of drug-likeness (QED) is 0.763. The van der Waals surface area contributed by atoms with Crippen molar-refractivity contribution in [2.45, 2.75) is 64.6 Å². The van der Waals surface area contributed by atoms with Crippen LogP contribution in [0.4, 0.5) is 0 Å². The lowest BCUT2D eigenvalue weighted by molar-refractivity contribution is 0.00578. The monoisotopic (exact) mass is 369 g/mol. The van der Waals surface area contributed by atoms with Crippen LogP contribution in [0.1, 0.15) is 44.9 Å². The molecule has 4 rings (SSSR count). The van der Waals surface area contributed by atoms with E-state index in [0.717, 1.165) is 28.8 Å². The number of hydrogen-bond donors (Lipinski definition) is 0. The predicted octanol–water partition coefficient (Wildman–Crippen LogP) is 2.52. The zero-order valence-electron chi connectivity index (χ0n) is 16.6. The zero-order valence-corrected chi connectivity index (χ0v) is 16.6. The first-order chi connectivity index (χ1) is 12.7. The van der Waals surface area contributed by atoms with Gasteiger partial charge in [-0.3, -0.25) is 0 Å². The number of fused-ring (bicyclic) bond motifs is 3. The van der Waals surface area contributed by atoms with Crippen LogP contribution in [-0.2, 0) is 20.5 Å². The molecule has 0 radical (unpaired) electrons. The van der Waals surface area contributed by atoms with Crippen molar-refractivity contribution in [1.29, 1.82) is 5.26 Å². The van der Waals surface area contributed by atoms with Gasteiger partial charge >= 0.3 is 7.12 Å². The van der Waals surface area contributed by atoms with E-state index in [9.17, 15) is 5.26 Å². The average molecular weight is 369 g/mol. The number of nitriles is 1. The van der Waals surface area contributed by atoms with E-state index in [4.69, 9.17) is 23.5 Å². The van der Waals surface area contributed by atoms with Crippen LogP contribution in [0.3, 0.4) is 0 Å².